The first kappa shape index (κ1) is 29.0. The molecule has 2 heterocycles. The summed E-state index contributed by atoms with van der Waals surface area (Å²) in [7, 11) is 0. The Kier molecular flexibility index (Phi) is 10.6. The standard InChI is InChI=1S/2C16H23N3/c2*1-5-19(6-2)15-9-7-14(8-10-15)16-12(3)11-13(4)17-18-16/h2*7-10,12,17H,4-6,11H2,1-3H3/t12-;/m1./s1. The summed E-state index contributed by atoms with van der Waals surface area (Å²) in [4.78, 5) is 4.69. The summed E-state index contributed by atoms with van der Waals surface area (Å²) in [6.45, 7) is 25.1. The Morgan fingerprint density at radius 3 is 1.21 bits per heavy atom. The molecule has 0 bridgehead atoms. The molecule has 0 aliphatic carbocycles. The summed E-state index contributed by atoms with van der Waals surface area (Å²) in [6, 6.07) is 17.4. The van der Waals surface area contributed by atoms with Gasteiger partial charge in [0.15, 0.2) is 0 Å². The van der Waals surface area contributed by atoms with E-state index in [2.05, 4.69) is 134 Å². The van der Waals surface area contributed by atoms with Gasteiger partial charge in [0, 0.05) is 60.8 Å². The molecule has 0 saturated carbocycles. The number of nitrogens with one attached hydrogen (secondary N) is 2. The van der Waals surface area contributed by atoms with E-state index in [-0.39, 0.29) is 0 Å². The Balaban J connectivity index is 0.000000211. The average molecular weight is 515 g/mol. The van der Waals surface area contributed by atoms with Crippen LogP contribution in [0.25, 0.3) is 0 Å². The van der Waals surface area contributed by atoms with Crippen LogP contribution in [0.5, 0.6) is 0 Å². The van der Waals surface area contributed by atoms with Crippen LogP contribution in [0.3, 0.4) is 0 Å². The van der Waals surface area contributed by atoms with E-state index in [9.17, 15) is 0 Å². The molecule has 2 aliphatic rings. The SMILES string of the molecule is C=C1CC(C)C(c2ccc(N(CC)CC)cc2)=NN1.C=C1C[C@@H](C)C(c2ccc(N(CC)CC)cc2)=NN1. The van der Waals surface area contributed by atoms with Crippen molar-refractivity contribution in [3.8, 4) is 0 Å². The molecule has 0 spiro atoms. The number of anilines is 2. The number of hydrogen-bond acceptors (Lipinski definition) is 6. The van der Waals surface area contributed by atoms with Gasteiger partial charge >= 0.3 is 0 Å². The minimum Gasteiger partial charge on any atom is -0.372 e. The molecule has 2 aromatic carbocycles. The maximum absolute atomic E-state index is 4.43. The van der Waals surface area contributed by atoms with Crippen molar-refractivity contribution in [1.29, 1.82) is 0 Å². The monoisotopic (exact) mass is 514 g/mol. The van der Waals surface area contributed by atoms with Crippen molar-refractivity contribution in [3.05, 3.63) is 84.2 Å². The van der Waals surface area contributed by atoms with E-state index < -0.39 is 0 Å². The molecule has 2 aliphatic heterocycles. The lowest BCUT2D eigenvalue weighted by atomic mass is 9.93. The van der Waals surface area contributed by atoms with Gasteiger partial charge < -0.3 is 9.80 Å². The molecule has 0 amide bonds. The Bertz CT molecular complexity index is 1030. The fraction of sp³-hybridized carbons (Fsp3) is 0.438. The van der Waals surface area contributed by atoms with Gasteiger partial charge in [-0.2, -0.15) is 10.2 Å². The summed E-state index contributed by atoms with van der Waals surface area (Å²) in [5.41, 5.74) is 15.2. The molecule has 1 unspecified atom stereocenters. The van der Waals surface area contributed by atoms with Crippen molar-refractivity contribution in [2.45, 2.75) is 54.4 Å². The zero-order chi connectivity index (χ0) is 27.7. The van der Waals surface area contributed by atoms with Gasteiger partial charge in [-0.05, 0) is 75.9 Å². The Morgan fingerprint density at radius 1 is 0.632 bits per heavy atom. The van der Waals surface area contributed by atoms with Crippen LogP contribution in [-0.2, 0) is 0 Å². The van der Waals surface area contributed by atoms with Crippen molar-refractivity contribution < 1.29 is 0 Å². The highest BCUT2D eigenvalue weighted by atomic mass is 15.3. The quantitative estimate of drug-likeness (QED) is 0.409. The van der Waals surface area contributed by atoms with Gasteiger partial charge in [-0.3, -0.25) is 10.9 Å². The second-order valence-corrected chi connectivity index (χ2v) is 10.1. The summed E-state index contributed by atoms with van der Waals surface area (Å²) in [5, 5.41) is 8.86. The molecule has 2 atom stereocenters. The first-order valence-corrected chi connectivity index (χ1v) is 14.0. The molecule has 0 aromatic heterocycles. The van der Waals surface area contributed by atoms with Crippen LogP contribution < -0.4 is 20.7 Å². The lowest BCUT2D eigenvalue weighted by molar-refractivity contribution is 0.653. The van der Waals surface area contributed by atoms with Crippen LogP contribution in [0.4, 0.5) is 11.4 Å². The first-order chi connectivity index (χ1) is 18.3. The molecule has 0 saturated heterocycles. The summed E-state index contributed by atoms with van der Waals surface area (Å²) in [6.07, 6.45) is 1.91. The van der Waals surface area contributed by atoms with E-state index in [1.165, 1.54) is 22.5 Å². The van der Waals surface area contributed by atoms with E-state index in [0.717, 1.165) is 61.8 Å². The second kappa shape index (κ2) is 13.8. The van der Waals surface area contributed by atoms with Gasteiger partial charge in [0.1, 0.15) is 0 Å². The highest BCUT2D eigenvalue weighted by Gasteiger charge is 2.19. The van der Waals surface area contributed by atoms with Crippen molar-refractivity contribution in [2.75, 3.05) is 36.0 Å². The van der Waals surface area contributed by atoms with E-state index in [0.29, 0.717) is 11.8 Å². The van der Waals surface area contributed by atoms with Crippen molar-refractivity contribution in [3.63, 3.8) is 0 Å². The molecular formula is C32H46N6. The van der Waals surface area contributed by atoms with Crippen molar-refractivity contribution >= 4 is 22.8 Å². The normalized spacial score (nSPS) is 18.8. The number of allylic oxidation sites excluding steroid dienone is 2. The fourth-order valence-corrected chi connectivity index (χ4v) is 5.08. The molecule has 2 N–H and O–H groups in total. The Labute approximate surface area is 230 Å². The second-order valence-electron chi connectivity index (χ2n) is 10.1. The predicted octanol–water partition coefficient (Wildman–Crippen LogP) is 6.76. The molecule has 6 nitrogen and oxygen atoms in total. The van der Waals surface area contributed by atoms with Crippen LogP contribution >= 0.6 is 0 Å². The average Bonchev–Trinajstić information content (AvgIpc) is 2.92. The van der Waals surface area contributed by atoms with Gasteiger partial charge in [-0.15, -0.1) is 0 Å². The number of nitrogens with zero attached hydrogens (tertiary/aromatic N) is 4. The van der Waals surface area contributed by atoms with Gasteiger partial charge in [-0.25, -0.2) is 0 Å². The van der Waals surface area contributed by atoms with Gasteiger partial charge in [0.25, 0.3) is 0 Å². The third kappa shape index (κ3) is 7.27. The number of rotatable bonds is 8. The highest BCUT2D eigenvalue weighted by Crippen LogP contribution is 2.23. The van der Waals surface area contributed by atoms with E-state index in [4.69, 9.17) is 0 Å². The molecule has 204 valence electrons. The molecule has 0 fully saturated rings. The van der Waals surface area contributed by atoms with Crippen molar-refractivity contribution in [1.82, 2.24) is 10.9 Å². The molecule has 4 rings (SSSR count). The van der Waals surface area contributed by atoms with Crippen LogP contribution in [0, 0.1) is 11.8 Å². The smallest absolute Gasteiger partial charge is 0.0711 e. The van der Waals surface area contributed by atoms with Crippen LogP contribution in [0.2, 0.25) is 0 Å². The van der Waals surface area contributed by atoms with Gasteiger partial charge in [0.2, 0.25) is 0 Å². The third-order valence-electron chi connectivity index (χ3n) is 7.29. The number of benzene rings is 2. The van der Waals surface area contributed by atoms with Crippen molar-refractivity contribution in [2.24, 2.45) is 22.0 Å². The first-order valence-electron chi connectivity index (χ1n) is 14.0. The van der Waals surface area contributed by atoms with Crippen LogP contribution in [0.1, 0.15) is 65.5 Å². The Morgan fingerprint density at radius 2 is 0.947 bits per heavy atom. The zero-order valence-corrected chi connectivity index (χ0v) is 24.2. The lowest BCUT2D eigenvalue weighted by Gasteiger charge is -2.24. The third-order valence-corrected chi connectivity index (χ3v) is 7.29. The van der Waals surface area contributed by atoms with E-state index in [1.807, 2.05) is 0 Å². The fourth-order valence-electron chi connectivity index (χ4n) is 5.08. The topological polar surface area (TPSA) is 55.3 Å². The predicted molar refractivity (Wildman–Crippen MR) is 165 cm³/mol. The largest absolute Gasteiger partial charge is 0.372 e. The number of hydrogen-bond donors (Lipinski definition) is 2. The summed E-state index contributed by atoms with van der Waals surface area (Å²) >= 11 is 0. The minimum absolute atomic E-state index is 0.424. The molecular weight excluding hydrogens is 468 g/mol. The maximum atomic E-state index is 4.43. The van der Waals surface area contributed by atoms with Crippen LogP contribution in [0.15, 0.2) is 83.3 Å². The molecule has 6 heteroatoms. The summed E-state index contributed by atoms with van der Waals surface area (Å²) in [5.74, 6) is 0.848. The Hall–Kier alpha value is -3.54. The van der Waals surface area contributed by atoms with Gasteiger partial charge in [0.05, 0.1) is 11.4 Å². The molecule has 38 heavy (non-hydrogen) atoms. The lowest BCUT2D eigenvalue weighted by Crippen LogP contribution is -2.25. The van der Waals surface area contributed by atoms with Crippen LogP contribution in [-0.4, -0.2) is 37.6 Å². The maximum Gasteiger partial charge on any atom is 0.0711 e. The minimum atomic E-state index is 0.424. The van der Waals surface area contributed by atoms with Gasteiger partial charge in [-0.1, -0.05) is 51.3 Å². The number of hydrazone groups is 2. The molecule has 0 radical (unpaired) electrons. The molecule has 2 aromatic rings. The summed E-state index contributed by atoms with van der Waals surface area (Å²) < 4.78 is 0. The highest BCUT2D eigenvalue weighted by molar-refractivity contribution is 6.03. The zero-order valence-electron chi connectivity index (χ0n) is 24.2. The van der Waals surface area contributed by atoms with E-state index in [1.54, 1.807) is 0 Å². The van der Waals surface area contributed by atoms with E-state index >= 15 is 0 Å².